The summed E-state index contributed by atoms with van der Waals surface area (Å²) >= 11 is 12.2. The molecule has 19 heavy (non-hydrogen) atoms. The molecule has 1 heterocycles. The molecule has 1 aromatic carbocycles. The van der Waals surface area contributed by atoms with E-state index in [1.165, 1.54) is 0 Å². The van der Waals surface area contributed by atoms with Crippen LogP contribution in [-0.4, -0.2) is 9.78 Å². The zero-order valence-corrected chi connectivity index (χ0v) is 12.1. The second-order valence-corrected chi connectivity index (χ2v) is 5.15. The minimum absolute atomic E-state index is 0.225. The van der Waals surface area contributed by atoms with Crippen LogP contribution in [0.1, 0.15) is 30.5 Å². The monoisotopic (exact) mass is 298 g/mol. The third-order valence-corrected chi connectivity index (χ3v) is 3.45. The quantitative estimate of drug-likeness (QED) is 0.658. The van der Waals surface area contributed by atoms with Crippen LogP contribution in [0, 0.1) is 0 Å². The molecule has 0 spiro atoms. The lowest BCUT2D eigenvalue weighted by atomic mass is 10.0. The van der Waals surface area contributed by atoms with Crippen LogP contribution >= 0.6 is 23.2 Å². The van der Waals surface area contributed by atoms with E-state index in [-0.39, 0.29) is 6.04 Å². The topological polar surface area (TPSA) is 55.9 Å². The van der Waals surface area contributed by atoms with Crippen LogP contribution in [0.4, 0.5) is 0 Å². The van der Waals surface area contributed by atoms with Gasteiger partial charge in [0.2, 0.25) is 0 Å². The summed E-state index contributed by atoms with van der Waals surface area (Å²) < 4.78 is 1.89. The summed E-state index contributed by atoms with van der Waals surface area (Å²) in [4.78, 5) is 0. The minimum Gasteiger partial charge on any atom is -0.272 e. The van der Waals surface area contributed by atoms with Gasteiger partial charge < -0.3 is 0 Å². The molecule has 2 aromatic rings. The Labute approximate surface area is 122 Å². The lowest BCUT2D eigenvalue weighted by Crippen LogP contribution is -2.28. The number of hydrazine groups is 1. The lowest BCUT2D eigenvalue weighted by Gasteiger charge is -2.16. The van der Waals surface area contributed by atoms with Crippen LogP contribution in [0.2, 0.25) is 10.0 Å². The summed E-state index contributed by atoms with van der Waals surface area (Å²) in [6, 6.07) is 5.10. The van der Waals surface area contributed by atoms with Crippen molar-refractivity contribution < 1.29 is 0 Å². The molecule has 0 fully saturated rings. The van der Waals surface area contributed by atoms with E-state index in [1.807, 2.05) is 16.9 Å². The summed E-state index contributed by atoms with van der Waals surface area (Å²) in [6.45, 7) is 2.98. The van der Waals surface area contributed by atoms with Crippen molar-refractivity contribution in [2.45, 2.75) is 25.9 Å². The van der Waals surface area contributed by atoms with Gasteiger partial charge in [-0.3, -0.25) is 10.5 Å². The fourth-order valence-electron chi connectivity index (χ4n) is 1.98. The summed E-state index contributed by atoms with van der Waals surface area (Å²) in [5, 5.41) is 5.54. The van der Waals surface area contributed by atoms with E-state index in [1.54, 1.807) is 18.3 Å². The number of hydrogen-bond donors (Lipinski definition) is 2. The van der Waals surface area contributed by atoms with Crippen LogP contribution < -0.4 is 11.3 Å². The van der Waals surface area contributed by atoms with Gasteiger partial charge in [0.15, 0.2) is 0 Å². The van der Waals surface area contributed by atoms with E-state index in [2.05, 4.69) is 17.4 Å². The van der Waals surface area contributed by atoms with Crippen molar-refractivity contribution in [2.75, 3.05) is 0 Å². The molecule has 0 saturated carbocycles. The number of hydrogen-bond acceptors (Lipinski definition) is 3. The fourth-order valence-corrected chi connectivity index (χ4v) is 2.39. The Hall–Kier alpha value is -1.07. The molecule has 0 radical (unpaired) electrons. The highest BCUT2D eigenvalue weighted by Crippen LogP contribution is 2.30. The second-order valence-electron chi connectivity index (χ2n) is 4.30. The van der Waals surface area contributed by atoms with E-state index in [4.69, 9.17) is 29.0 Å². The Morgan fingerprint density at radius 3 is 2.89 bits per heavy atom. The maximum absolute atomic E-state index is 6.21. The molecule has 1 aromatic heterocycles. The Morgan fingerprint density at radius 1 is 1.42 bits per heavy atom. The highest BCUT2D eigenvalue weighted by Gasteiger charge is 2.17. The summed E-state index contributed by atoms with van der Waals surface area (Å²) in [6.07, 6.45) is 4.78. The number of nitrogens with one attached hydrogen (secondary N) is 1. The molecule has 2 rings (SSSR count). The molecule has 6 heteroatoms. The first-order valence-corrected chi connectivity index (χ1v) is 6.84. The Kier molecular flexibility index (Phi) is 4.82. The highest BCUT2D eigenvalue weighted by molar-refractivity contribution is 6.33. The summed E-state index contributed by atoms with van der Waals surface area (Å²) in [5.41, 5.74) is 4.56. The van der Waals surface area contributed by atoms with Gasteiger partial charge in [0.05, 0.1) is 12.2 Å². The van der Waals surface area contributed by atoms with Crippen LogP contribution in [0.5, 0.6) is 0 Å². The molecule has 3 N–H and O–H groups in total. The SMILES string of the molecule is CCCn1cc(C(NN)c2cc(Cl)ccc2Cl)cn1. The van der Waals surface area contributed by atoms with Gasteiger partial charge in [0.1, 0.15) is 0 Å². The zero-order valence-electron chi connectivity index (χ0n) is 10.6. The maximum atomic E-state index is 6.21. The first-order valence-electron chi connectivity index (χ1n) is 6.09. The molecule has 102 valence electrons. The standard InChI is InChI=1S/C13H16Cl2N4/c1-2-5-19-8-9(7-17-19)13(18-16)11-6-10(14)3-4-12(11)15/h3-4,6-8,13,18H,2,5,16H2,1H3. The van der Waals surface area contributed by atoms with Crippen molar-refractivity contribution >= 4 is 23.2 Å². The molecule has 0 aliphatic heterocycles. The van der Waals surface area contributed by atoms with Gasteiger partial charge >= 0.3 is 0 Å². The highest BCUT2D eigenvalue weighted by atomic mass is 35.5. The maximum Gasteiger partial charge on any atom is 0.0755 e. The van der Waals surface area contributed by atoms with Gasteiger partial charge in [0.25, 0.3) is 0 Å². The predicted octanol–water partition coefficient (Wildman–Crippen LogP) is 3.15. The number of halogens is 2. The number of nitrogens with zero attached hydrogens (tertiary/aromatic N) is 2. The average Bonchev–Trinajstić information content (AvgIpc) is 2.83. The average molecular weight is 299 g/mol. The van der Waals surface area contributed by atoms with Gasteiger partial charge in [-0.15, -0.1) is 0 Å². The van der Waals surface area contributed by atoms with E-state index >= 15 is 0 Å². The minimum atomic E-state index is -0.225. The van der Waals surface area contributed by atoms with Crippen LogP contribution in [0.15, 0.2) is 30.6 Å². The third-order valence-electron chi connectivity index (χ3n) is 2.87. The van der Waals surface area contributed by atoms with E-state index < -0.39 is 0 Å². The molecular weight excluding hydrogens is 283 g/mol. The lowest BCUT2D eigenvalue weighted by molar-refractivity contribution is 0.598. The first kappa shape index (κ1) is 14.3. The van der Waals surface area contributed by atoms with E-state index in [9.17, 15) is 0 Å². The van der Waals surface area contributed by atoms with Gasteiger partial charge in [-0.05, 0) is 30.2 Å². The van der Waals surface area contributed by atoms with Crippen molar-refractivity contribution in [3.8, 4) is 0 Å². The van der Waals surface area contributed by atoms with Crippen molar-refractivity contribution in [3.63, 3.8) is 0 Å². The smallest absolute Gasteiger partial charge is 0.0755 e. The molecule has 0 bridgehead atoms. The fraction of sp³-hybridized carbons (Fsp3) is 0.308. The van der Waals surface area contributed by atoms with E-state index in [0.717, 1.165) is 24.1 Å². The largest absolute Gasteiger partial charge is 0.272 e. The number of aryl methyl sites for hydroxylation is 1. The van der Waals surface area contributed by atoms with Crippen molar-refractivity contribution in [1.29, 1.82) is 0 Å². The molecule has 4 nitrogen and oxygen atoms in total. The van der Waals surface area contributed by atoms with Crippen LogP contribution in [-0.2, 0) is 6.54 Å². The Balaban J connectivity index is 2.35. The summed E-state index contributed by atoms with van der Waals surface area (Å²) in [5.74, 6) is 5.65. The van der Waals surface area contributed by atoms with Gasteiger partial charge in [-0.2, -0.15) is 5.10 Å². The van der Waals surface area contributed by atoms with Crippen molar-refractivity contribution in [1.82, 2.24) is 15.2 Å². The number of rotatable bonds is 5. The van der Waals surface area contributed by atoms with Crippen LogP contribution in [0.3, 0.4) is 0 Å². The van der Waals surface area contributed by atoms with E-state index in [0.29, 0.717) is 10.0 Å². The molecule has 1 atom stereocenters. The second kappa shape index (κ2) is 6.39. The number of benzene rings is 1. The third kappa shape index (κ3) is 3.28. The normalized spacial score (nSPS) is 12.6. The molecule has 0 aliphatic carbocycles. The molecule has 0 saturated heterocycles. The van der Waals surface area contributed by atoms with Crippen LogP contribution in [0.25, 0.3) is 0 Å². The molecular formula is C13H16Cl2N4. The Bertz CT molecular complexity index is 553. The first-order chi connectivity index (χ1) is 9.15. The van der Waals surface area contributed by atoms with Crippen molar-refractivity contribution in [2.24, 2.45) is 5.84 Å². The molecule has 0 amide bonds. The van der Waals surface area contributed by atoms with Gasteiger partial charge in [0, 0.05) is 28.4 Å². The zero-order chi connectivity index (χ0) is 13.8. The van der Waals surface area contributed by atoms with Gasteiger partial charge in [-0.25, -0.2) is 5.43 Å². The van der Waals surface area contributed by atoms with Gasteiger partial charge in [-0.1, -0.05) is 30.1 Å². The molecule has 0 aliphatic rings. The predicted molar refractivity (Wildman–Crippen MR) is 78.1 cm³/mol. The number of aromatic nitrogens is 2. The Morgan fingerprint density at radius 2 is 2.21 bits per heavy atom. The molecule has 1 unspecified atom stereocenters. The van der Waals surface area contributed by atoms with Crippen molar-refractivity contribution in [3.05, 3.63) is 51.8 Å². The summed E-state index contributed by atoms with van der Waals surface area (Å²) in [7, 11) is 0. The number of nitrogens with two attached hydrogens (primary N) is 1.